The van der Waals surface area contributed by atoms with Gasteiger partial charge in [-0.1, -0.05) is 31.2 Å². The van der Waals surface area contributed by atoms with Crippen molar-refractivity contribution in [3.8, 4) is 0 Å². The molecule has 1 atom stereocenters. The van der Waals surface area contributed by atoms with Crippen molar-refractivity contribution in [3.63, 3.8) is 0 Å². The fourth-order valence-corrected chi connectivity index (χ4v) is 3.23. The van der Waals surface area contributed by atoms with E-state index >= 15 is 0 Å². The first-order valence-electron chi connectivity index (χ1n) is 8.82. The Morgan fingerprint density at radius 2 is 1.92 bits per heavy atom. The molecule has 1 unspecified atom stereocenters. The zero-order valence-electron chi connectivity index (χ0n) is 15.7. The molecule has 4 nitrogen and oxygen atoms in total. The van der Waals surface area contributed by atoms with Gasteiger partial charge in [0.25, 0.3) is 0 Å². The molecule has 2 rings (SSSR count). The number of hydrogen-bond acceptors (Lipinski definition) is 3. The molecule has 0 bridgehead atoms. The molecule has 2 aromatic rings. The summed E-state index contributed by atoms with van der Waals surface area (Å²) < 4.78 is 0. The Morgan fingerprint density at radius 1 is 1.15 bits per heavy atom. The summed E-state index contributed by atoms with van der Waals surface area (Å²) in [6, 6.07) is 14.7. The number of halogens is 1. The summed E-state index contributed by atoms with van der Waals surface area (Å²) in [4.78, 5) is 10.3. The van der Waals surface area contributed by atoms with Gasteiger partial charge in [-0.3, -0.25) is 9.98 Å². The van der Waals surface area contributed by atoms with Crippen molar-refractivity contribution in [2.75, 3.05) is 19.6 Å². The monoisotopic (exact) mass is 484 g/mol. The van der Waals surface area contributed by atoms with Crippen LogP contribution in [-0.2, 0) is 6.42 Å². The normalized spacial score (nSPS) is 12.2. The van der Waals surface area contributed by atoms with Crippen LogP contribution < -0.4 is 10.6 Å². The molecule has 0 aliphatic carbocycles. The summed E-state index contributed by atoms with van der Waals surface area (Å²) in [5.41, 5.74) is 2.29. The van der Waals surface area contributed by atoms with Crippen LogP contribution in [0.5, 0.6) is 0 Å². The van der Waals surface area contributed by atoms with E-state index in [0.717, 1.165) is 37.7 Å². The van der Waals surface area contributed by atoms with Crippen molar-refractivity contribution in [2.45, 2.75) is 37.3 Å². The minimum absolute atomic E-state index is 0. The van der Waals surface area contributed by atoms with E-state index in [0.29, 0.717) is 5.25 Å². The third-order valence-corrected chi connectivity index (χ3v) is 4.71. The number of pyridine rings is 1. The maximum absolute atomic E-state index is 4.71. The van der Waals surface area contributed by atoms with E-state index in [1.165, 1.54) is 10.5 Å². The summed E-state index contributed by atoms with van der Waals surface area (Å²) in [6.07, 6.45) is 2.88. The van der Waals surface area contributed by atoms with Crippen molar-refractivity contribution >= 4 is 41.7 Å². The second kappa shape index (κ2) is 13.0. The number of guanidine groups is 1. The van der Waals surface area contributed by atoms with Crippen LogP contribution in [0, 0.1) is 6.92 Å². The van der Waals surface area contributed by atoms with Crippen molar-refractivity contribution in [2.24, 2.45) is 4.99 Å². The fraction of sp³-hybridized carbons (Fsp3) is 0.400. The number of thioether (sulfide) groups is 1. The fourth-order valence-electron chi connectivity index (χ4n) is 2.30. The molecule has 1 heterocycles. The third kappa shape index (κ3) is 8.89. The van der Waals surface area contributed by atoms with Crippen LogP contribution in [0.1, 0.15) is 25.1 Å². The summed E-state index contributed by atoms with van der Waals surface area (Å²) in [6.45, 7) is 8.79. The lowest BCUT2D eigenvalue weighted by atomic mass is 10.2. The molecule has 2 N–H and O–H groups in total. The molecule has 0 amide bonds. The summed E-state index contributed by atoms with van der Waals surface area (Å²) >= 11 is 1.85. The van der Waals surface area contributed by atoms with E-state index in [-0.39, 0.29) is 24.0 Å². The number of nitrogens with zero attached hydrogens (tertiary/aromatic N) is 2. The van der Waals surface area contributed by atoms with Gasteiger partial charge in [0.2, 0.25) is 0 Å². The molecule has 0 saturated carbocycles. The first-order valence-corrected chi connectivity index (χ1v) is 9.70. The topological polar surface area (TPSA) is 49.3 Å². The van der Waals surface area contributed by atoms with E-state index in [1.54, 1.807) is 0 Å². The molecule has 26 heavy (non-hydrogen) atoms. The second-order valence-corrected chi connectivity index (χ2v) is 7.46. The molecule has 0 aliphatic rings. The Kier molecular flexibility index (Phi) is 11.4. The zero-order valence-corrected chi connectivity index (χ0v) is 18.9. The molecule has 1 aromatic carbocycles. The van der Waals surface area contributed by atoms with E-state index in [4.69, 9.17) is 4.99 Å². The smallest absolute Gasteiger partial charge is 0.191 e. The molecule has 142 valence electrons. The quantitative estimate of drug-likeness (QED) is 0.254. The number of aryl methyl sites for hydroxylation is 1. The van der Waals surface area contributed by atoms with Crippen molar-refractivity contribution in [1.29, 1.82) is 0 Å². The highest BCUT2D eigenvalue weighted by atomic mass is 127. The lowest BCUT2D eigenvalue weighted by Gasteiger charge is -2.13. The highest BCUT2D eigenvalue weighted by molar-refractivity contribution is 14.0. The Labute approximate surface area is 178 Å². The average Bonchev–Trinajstić information content (AvgIpc) is 2.62. The number of aromatic nitrogens is 1. The van der Waals surface area contributed by atoms with Gasteiger partial charge >= 0.3 is 0 Å². The summed E-state index contributed by atoms with van der Waals surface area (Å²) in [5, 5.41) is 7.15. The summed E-state index contributed by atoms with van der Waals surface area (Å²) in [7, 11) is 0. The van der Waals surface area contributed by atoms with Gasteiger partial charge in [-0.05, 0) is 44.0 Å². The molecular formula is C20H29IN4S. The van der Waals surface area contributed by atoms with Gasteiger partial charge in [0.15, 0.2) is 5.96 Å². The van der Waals surface area contributed by atoms with Crippen LogP contribution in [0.3, 0.4) is 0 Å². The SMILES string of the molecule is CCNC(=NCC(C)Sc1ccccc1)NCCc1ccc(C)nc1.I. The Balaban J connectivity index is 0.00000338. The standard InChI is InChI=1S/C20H28N4S.HI/c1-4-21-20(22-13-12-18-11-10-16(2)23-15-18)24-14-17(3)25-19-8-6-5-7-9-19;/h5-11,15,17H,4,12-14H2,1-3H3,(H2,21,22,24);1H. The van der Waals surface area contributed by atoms with Crippen molar-refractivity contribution in [3.05, 3.63) is 59.9 Å². The van der Waals surface area contributed by atoms with Crippen LogP contribution in [0.4, 0.5) is 0 Å². The van der Waals surface area contributed by atoms with Crippen molar-refractivity contribution < 1.29 is 0 Å². The minimum atomic E-state index is 0. The lowest BCUT2D eigenvalue weighted by molar-refractivity contribution is 0.793. The molecular weight excluding hydrogens is 455 g/mol. The van der Waals surface area contributed by atoms with Gasteiger partial charge in [-0.15, -0.1) is 35.7 Å². The Hall–Kier alpha value is -1.28. The van der Waals surface area contributed by atoms with Crippen LogP contribution in [0.2, 0.25) is 0 Å². The zero-order chi connectivity index (χ0) is 17.9. The number of hydrogen-bond donors (Lipinski definition) is 2. The number of rotatable bonds is 8. The van der Waals surface area contributed by atoms with Gasteiger partial charge in [0.1, 0.15) is 0 Å². The molecule has 0 radical (unpaired) electrons. The Bertz CT molecular complexity index is 647. The van der Waals surface area contributed by atoms with Gasteiger partial charge in [0.05, 0.1) is 6.54 Å². The van der Waals surface area contributed by atoms with Crippen LogP contribution in [-0.4, -0.2) is 35.8 Å². The highest BCUT2D eigenvalue weighted by Gasteiger charge is 2.05. The number of benzene rings is 1. The Morgan fingerprint density at radius 3 is 2.58 bits per heavy atom. The van der Waals surface area contributed by atoms with Crippen LogP contribution >= 0.6 is 35.7 Å². The maximum atomic E-state index is 4.71. The highest BCUT2D eigenvalue weighted by Crippen LogP contribution is 2.22. The number of nitrogens with one attached hydrogen (secondary N) is 2. The first kappa shape index (κ1) is 22.8. The van der Waals surface area contributed by atoms with Crippen molar-refractivity contribution in [1.82, 2.24) is 15.6 Å². The minimum Gasteiger partial charge on any atom is -0.357 e. The van der Waals surface area contributed by atoms with E-state index in [2.05, 4.69) is 65.9 Å². The van der Waals surface area contributed by atoms with Crippen LogP contribution in [0.15, 0.2) is 58.5 Å². The lowest BCUT2D eigenvalue weighted by Crippen LogP contribution is -2.38. The van der Waals surface area contributed by atoms with Gasteiger partial charge in [-0.2, -0.15) is 0 Å². The predicted molar refractivity (Wildman–Crippen MR) is 124 cm³/mol. The molecule has 0 fully saturated rings. The van der Waals surface area contributed by atoms with E-state index in [9.17, 15) is 0 Å². The molecule has 6 heteroatoms. The molecule has 0 aliphatic heterocycles. The van der Waals surface area contributed by atoms with Gasteiger partial charge in [0, 0.05) is 35.1 Å². The third-order valence-electron chi connectivity index (χ3n) is 3.61. The van der Waals surface area contributed by atoms with E-state index in [1.807, 2.05) is 30.9 Å². The van der Waals surface area contributed by atoms with E-state index < -0.39 is 0 Å². The molecule has 0 saturated heterocycles. The van der Waals surface area contributed by atoms with Gasteiger partial charge < -0.3 is 10.6 Å². The maximum Gasteiger partial charge on any atom is 0.191 e. The second-order valence-electron chi connectivity index (χ2n) is 5.95. The van der Waals surface area contributed by atoms with Gasteiger partial charge in [-0.25, -0.2) is 0 Å². The average molecular weight is 484 g/mol. The summed E-state index contributed by atoms with van der Waals surface area (Å²) in [5.74, 6) is 0.878. The first-order chi connectivity index (χ1) is 12.2. The number of aliphatic imine (C=N–C) groups is 1. The largest absolute Gasteiger partial charge is 0.357 e. The molecule has 1 aromatic heterocycles. The predicted octanol–water partition coefficient (Wildman–Crippen LogP) is 4.29. The molecule has 0 spiro atoms. The van der Waals surface area contributed by atoms with Crippen LogP contribution in [0.25, 0.3) is 0 Å².